The van der Waals surface area contributed by atoms with Gasteiger partial charge in [0.25, 0.3) is 0 Å². The van der Waals surface area contributed by atoms with Gasteiger partial charge in [0, 0.05) is 5.56 Å². The molecule has 0 unspecified atom stereocenters. The van der Waals surface area contributed by atoms with Crippen molar-refractivity contribution in [1.82, 2.24) is 4.98 Å². The number of pyridine rings is 1. The molecule has 0 saturated carbocycles. The minimum atomic E-state index is 0.429. The molecule has 0 spiro atoms. The Labute approximate surface area is 135 Å². The topological polar surface area (TPSA) is 57.4 Å². The third-order valence-corrected chi connectivity index (χ3v) is 3.46. The van der Waals surface area contributed by atoms with Gasteiger partial charge in [-0.3, -0.25) is 0 Å². The first-order chi connectivity index (χ1) is 11.3. The zero-order chi connectivity index (χ0) is 16.1. The second-order valence-corrected chi connectivity index (χ2v) is 5.10. The standard InChI is InChI=1S/C19H18N2O2/c1-22-19-17(20)10-11-18(21-19)15-8-5-9-16(12-15)23-13-14-6-3-2-4-7-14/h2-12H,13,20H2,1H3. The van der Waals surface area contributed by atoms with Gasteiger partial charge in [-0.2, -0.15) is 0 Å². The van der Waals surface area contributed by atoms with Crippen LogP contribution in [0.3, 0.4) is 0 Å². The SMILES string of the molecule is COc1nc(-c2cccc(OCc3ccccc3)c2)ccc1N. The molecule has 0 fully saturated rings. The molecular weight excluding hydrogens is 288 g/mol. The lowest BCUT2D eigenvalue weighted by Gasteiger charge is -2.09. The van der Waals surface area contributed by atoms with Crippen molar-refractivity contribution in [3.63, 3.8) is 0 Å². The van der Waals surface area contributed by atoms with Crippen LogP contribution in [0.25, 0.3) is 11.3 Å². The fourth-order valence-corrected chi connectivity index (χ4v) is 2.26. The number of anilines is 1. The Morgan fingerprint density at radius 3 is 2.57 bits per heavy atom. The lowest BCUT2D eigenvalue weighted by Crippen LogP contribution is -1.97. The molecule has 0 saturated heterocycles. The molecule has 4 nitrogen and oxygen atoms in total. The summed E-state index contributed by atoms with van der Waals surface area (Å²) >= 11 is 0. The Morgan fingerprint density at radius 2 is 1.78 bits per heavy atom. The van der Waals surface area contributed by atoms with E-state index in [9.17, 15) is 0 Å². The van der Waals surface area contributed by atoms with Crippen molar-refractivity contribution in [2.75, 3.05) is 12.8 Å². The van der Waals surface area contributed by atoms with Gasteiger partial charge >= 0.3 is 0 Å². The molecule has 3 aromatic rings. The molecule has 0 aliphatic heterocycles. The Hall–Kier alpha value is -3.01. The van der Waals surface area contributed by atoms with Crippen molar-refractivity contribution in [3.8, 4) is 22.9 Å². The highest BCUT2D eigenvalue weighted by atomic mass is 16.5. The van der Waals surface area contributed by atoms with E-state index in [1.807, 2.05) is 60.7 Å². The molecule has 0 atom stereocenters. The highest BCUT2D eigenvalue weighted by Gasteiger charge is 2.06. The molecule has 0 aliphatic rings. The fourth-order valence-electron chi connectivity index (χ4n) is 2.26. The number of rotatable bonds is 5. The third-order valence-electron chi connectivity index (χ3n) is 3.46. The van der Waals surface area contributed by atoms with Gasteiger partial charge < -0.3 is 15.2 Å². The number of benzene rings is 2. The van der Waals surface area contributed by atoms with Crippen LogP contribution in [0.15, 0.2) is 66.7 Å². The molecule has 2 aromatic carbocycles. The van der Waals surface area contributed by atoms with E-state index in [4.69, 9.17) is 15.2 Å². The Bertz CT molecular complexity index is 788. The number of aromatic nitrogens is 1. The van der Waals surface area contributed by atoms with Crippen molar-refractivity contribution in [2.45, 2.75) is 6.61 Å². The minimum Gasteiger partial charge on any atom is -0.489 e. The Balaban J connectivity index is 1.79. The summed E-state index contributed by atoms with van der Waals surface area (Å²) < 4.78 is 11.0. The van der Waals surface area contributed by atoms with Gasteiger partial charge in [-0.05, 0) is 29.8 Å². The van der Waals surface area contributed by atoms with E-state index in [1.54, 1.807) is 13.2 Å². The molecule has 0 bridgehead atoms. The predicted molar refractivity (Wildman–Crippen MR) is 91.4 cm³/mol. The molecule has 2 N–H and O–H groups in total. The number of nitrogen functional groups attached to an aromatic ring is 1. The molecular formula is C19H18N2O2. The molecule has 3 rings (SSSR count). The van der Waals surface area contributed by atoms with Crippen LogP contribution in [0.5, 0.6) is 11.6 Å². The second-order valence-electron chi connectivity index (χ2n) is 5.10. The minimum absolute atomic E-state index is 0.429. The van der Waals surface area contributed by atoms with Gasteiger partial charge in [0.15, 0.2) is 0 Å². The summed E-state index contributed by atoms with van der Waals surface area (Å²) in [6.45, 7) is 0.531. The van der Waals surface area contributed by atoms with Crippen LogP contribution in [0.4, 0.5) is 5.69 Å². The summed E-state index contributed by atoms with van der Waals surface area (Å²) in [5, 5.41) is 0. The second kappa shape index (κ2) is 6.83. The van der Waals surface area contributed by atoms with Crippen LogP contribution in [-0.2, 0) is 6.61 Å². The zero-order valence-electron chi connectivity index (χ0n) is 12.9. The summed E-state index contributed by atoms with van der Waals surface area (Å²) in [6, 6.07) is 21.5. The van der Waals surface area contributed by atoms with Crippen LogP contribution in [0, 0.1) is 0 Å². The van der Waals surface area contributed by atoms with E-state index in [-0.39, 0.29) is 0 Å². The maximum atomic E-state index is 5.85. The van der Waals surface area contributed by atoms with E-state index in [1.165, 1.54) is 0 Å². The zero-order valence-corrected chi connectivity index (χ0v) is 12.9. The highest BCUT2D eigenvalue weighted by molar-refractivity contribution is 5.65. The summed E-state index contributed by atoms with van der Waals surface area (Å²) in [4.78, 5) is 4.42. The lowest BCUT2D eigenvalue weighted by molar-refractivity contribution is 0.306. The monoisotopic (exact) mass is 306 g/mol. The maximum absolute atomic E-state index is 5.85. The first-order valence-corrected chi connectivity index (χ1v) is 7.34. The Kier molecular flexibility index (Phi) is 4.43. The van der Waals surface area contributed by atoms with Gasteiger partial charge in [0.05, 0.1) is 18.5 Å². The molecule has 1 heterocycles. The van der Waals surface area contributed by atoms with Gasteiger partial charge in [-0.25, -0.2) is 4.98 Å². The number of hydrogen-bond acceptors (Lipinski definition) is 4. The van der Waals surface area contributed by atoms with Crippen LogP contribution >= 0.6 is 0 Å². The van der Waals surface area contributed by atoms with E-state index >= 15 is 0 Å². The fraction of sp³-hybridized carbons (Fsp3) is 0.105. The largest absolute Gasteiger partial charge is 0.489 e. The van der Waals surface area contributed by atoms with Crippen molar-refractivity contribution in [2.24, 2.45) is 0 Å². The van der Waals surface area contributed by atoms with Crippen LogP contribution in [-0.4, -0.2) is 12.1 Å². The molecule has 0 amide bonds. The van der Waals surface area contributed by atoms with Gasteiger partial charge in [-0.15, -0.1) is 0 Å². The average molecular weight is 306 g/mol. The summed E-state index contributed by atoms with van der Waals surface area (Å²) in [5.41, 5.74) is 9.20. The number of ether oxygens (including phenoxy) is 2. The van der Waals surface area contributed by atoms with Crippen LogP contribution < -0.4 is 15.2 Å². The number of hydrogen-bond donors (Lipinski definition) is 1. The van der Waals surface area contributed by atoms with Gasteiger partial charge in [-0.1, -0.05) is 42.5 Å². The summed E-state index contributed by atoms with van der Waals surface area (Å²) in [5.74, 6) is 1.22. The molecule has 0 aliphatic carbocycles. The molecule has 4 heteroatoms. The van der Waals surface area contributed by atoms with Crippen LogP contribution in [0.1, 0.15) is 5.56 Å². The molecule has 0 radical (unpaired) electrons. The van der Waals surface area contributed by atoms with Gasteiger partial charge in [0.1, 0.15) is 12.4 Å². The van der Waals surface area contributed by atoms with E-state index in [2.05, 4.69) is 4.98 Å². The summed E-state index contributed by atoms with van der Waals surface area (Å²) in [6.07, 6.45) is 0. The van der Waals surface area contributed by atoms with Gasteiger partial charge in [0.2, 0.25) is 5.88 Å². The Morgan fingerprint density at radius 1 is 0.957 bits per heavy atom. The number of methoxy groups -OCH3 is 1. The van der Waals surface area contributed by atoms with Crippen molar-refractivity contribution in [3.05, 3.63) is 72.3 Å². The van der Waals surface area contributed by atoms with Crippen molar-refractivity contribution in [1.29, 1.82) is 0 Å². The first-order valence-electron chi connectivity index (χ1n) is 7.34. The number of nitrogens with two attached hydrogens (primary N) is 1. The van der Waals surface area contributed by atoms with Crippen molar-refractivity contribution >= 4 is 5.69 Å². The first kappa shape index (κ1) is 14.9. The molecule has 116 valence electrons. The molecule has 23 heavy (non-hydrogen) atoms. The quantitative estimate of drug-likeness (QED) is 0.776. The van der Waals surface area contributed by atoms with Crippen molar-refractivity contribution < 1.29 is 9.47 Å². The third kappa shape index (κ3) is 3.61. The maximum Gasteiger partial charge on any atom is 0.237 e. The number of nitrogens with zero attached hydrogens (tertiary/aromatic N) is 1. The molecule has 1 aromatic heterocycles. The smallest absolute Gasteiger partial charge is 0.237 e. The normalized spacial score (nSPS) is 10.3. The van der Waals surface area contributed by atoms with Crippen LogP contribution in [0.2, 0.25) is 0 Å². The van der Waals surface area contributed by atoms with E-state index in [0.29, 0.717) is 18.2 Å². The van der Waals surface area contributed by atoms with E-state index < -0.39 is 0 Å². The predicted octanol–water partition coefficient (Wildman–Crippen LogP) is 3.92. The average Bonchev–Trinajstić information content (AvgIpc) is 2.61. The lowest BCUT2D eigenvalue weighted by atomic mass is 10.1. The van der Waals surface area contributed by atoms with E-state index in [0.717, 1.165) is 22.6 Å². The highest BCUT2D eigenvalue weighted by Crippen LogP contribution is 2.27. The summed E-state index contributed by atoms with van der Waals surface area (Å²) in [7, 11) is 1.56.